The Morgan fingerprint density at radius 2 is 2.14 bits per heavy atom. The molecule has 1 unspecified atom stereocenters. The zero-order valence-corrected chi connectivity index (χ0v) is 13.2. The summed E-state index contributed by atoms with van der Waals surface area (Å²) in [6.07, 6.45) is 9.68. The third-order valence-electron chi connectivity index (χ3n) is 5.17. The third-order valence-corrected chi connectivity index (χ3v) is 5.17. The fraction of sp³-hybridized carbons (Fsp3) is 0.500. The number of hydrogen-bond donors (Lipinski definition) is 0. The minimum atomic E-state index is 0.370. The molecule has 0 radical (unpaired) electrons. The second kappa shape index (κ2) is 5.34. The van der Waals surface area contributed by atoms with Crippen LogP contribution >= 0.6 is 0 Å². The van der Waals surface area contributed by atoms with E-state index in [1.807, 2.05) is 0 Å². The van der Waals surface area contributed by atoms with Gasteiger partial charge < -0.3 is 14.2 Å². The van der Waals surface area contributed by atoms with E-state index < -0.39 is 0 Å². The average molecular weight is 298 g/mol. The molecule has 2 aromatic rings. The Morgan fingerprint density at radius 3 is 2.82 bits per heavy atom. The van der Waals surface area contributed by atoms with Gasteiger partial charge in [-0.25, -0.2) is 0 Å². The third kappa shape index (κ3) is 2.18. The highest BCUT2D eigenvalue weighted by molar-refractivity contribution is 5.77. The molecular weight excluding hydrogens is 276 g/mol. The second-order valence-electron chi connectivity index (χ2n) is 6.52. The molecule has 0 amide bonds. The Labute approximate surface area is 131 Å². The normalized spacial score (nSPS) is 21.4. The molecule has 4 rings (SSSR count). The van der Waals surface area contributed by atoms with E-state index in [2.05, 4.69) is 36.2 Å². The number of hydrogen-bond acceptors (Lipinski definition) is 4. The van der Waals surface area contributed by atoms with E-state index in [4.69, 9.17) is 9.26 Å². The first-order chi connectivity index (χ1) is 10.7. The van der Waals surface area contributed by atoms with Crippen LogP contribution < -0.4 is 9.64 Å². The molecule has 4 heteroatoms. The van der Waals surface area contributed by atoms with Crippen molar-refractivity contribution in [3.8, 4) is 16.9 Å². The highest BCUT2D eigenvalue weighted by atomic mass is 16.5. The molecule has 2 heterocycles. The highest BCUT2D eigenvalue weighted by Gasteiger charge is 2.28. The standard InChI is InChI=1S/C18H22N2O2/c1-12-6-7-16-17(20(12)2)9-8-15(13-10-19-21-11-13)18(16)22-14-4-3-5-14/h8-12,14H,3-7H2,1-2H3. The Kier molecular flexibility index (Phi) is 3.32. The Bertz CT molecular complexity index is 662. The summed E-state index contributed by atoms with van der Waals surface area (Å²) >= 11 is 0. The molecule has 1 atom stereocenters. The van der Waals surface area contributed by atoms with Gasteiger partial charge in [0.25, 0.3) is 0 Å². The zero-order valence-electron chi connectivity index (χ0n) is 13.2. The fourth-order valence-electron chi connectivity index (χ4n) is 3.33. The van der Waals surface area contributed by atoms with Crippen LogP contribution in [0.1, 0.15) is 38.2 Å². The first-order valence-corrected chi connectivity index (χ1v) is 8.19. The van der Waals surface area contributed by atoms with Gasteiger partial charge in [0, 0.05) is 35.5 Å². The number of anilines is 1. The molecule has 0 saturated heterocycles. The summed E-state index contributed by atoms with van der Waals surface area (Å²) < 4.78 is 11.4. The molecule has 22 heavy (non-hydrogen) atoms. The lowest BCUT2D eigenvalue weighted by Gasteiger charge is -2.36. The predicted molar refractivity (Wildman–Crippen MR) is 86.4 cm³/mol. The number of fused-ring (bicyclic) bond motifs is 1. The smallest absolute Gasteiger partial charge is 0.132 e. The highest BCUT2D eigenvalue weighted by Crippen LogP contribution is 2.43. The molecule has 0 spiro atoms. The van der Waals surface area contributed by atoms with E-state index in [-0.39, 0.29) is 0 Å². The van der Waals surface area contributed by atoms with E-state index >= 15 is 0 Å². The lowest BCUT2D eigenvalue weighted by Crippen LogP contribution is -2.34. The van der Waals surface area contributed by atoms with Gasteiger partial charge in [-0.3, -0.25) is 0 Å². The summed E-state index contributed by atoms with van der Waals surface area (Å²) in [4.78, 5) is 2.36. The lowest BCUT2D eigenvalue weighted by atomic mass is 9.91. The number of ether oxygens (including phenoxy) is 1. The Hall–Kier alpha value is -1.97. The van der Waals surface area contributed by atoms with Gasteiger partial charge in [-0.15, -0.1) is 0 Å². The van der Waals surface area contributed by atoms with Crippen LogP contribution in [0.3, 0.4) is 0 Å². The maximum absolute atomic E-state index is 6.39. The van der Waals surface area contributed by atoms with E-state index in [0.717, 1.165) is 29.7 Å². The fourth-order valence-corrected chi connectivity index (χ4v) is 3.33. The van der Waals surface area contributed by atoms with Crippen LogP contribution in [-0.2, 0) is 6.42 Å². The summed E-state index contributed by atoms with van der Waals surface area (Å²) in [6.45, 7) is 2.28. The van der Waals surface area contributed by atoms with Gasteiger partial charge in [-0.1, -0.05) is 5.16 Å². The molecule has 0 bridgehead atoms. The molecule has 1 aliphatic heterocycles. The largest absolute Gasteiger partial charge is 0.489 e. The van der Waals surface area contributed by atoms with Crippen molar-refractivity contribution in [3.05, 3.63) is 30.2 Å². The summed E-state index contributed by atoms with van der Waals surface area (Å²) in [5.41, 5.74) is 4.74. The number of rotatable bonds is 3. The van der Waals surface area contributed by atoms with Gasteiger partial charge in [-0.05, 0) is 51.2 Å². The maximum atomic E-state index is 6.39. The van der Waals surface area contributed by atoms with Crippen molar-refractivity contribution in [2.24, 2.45) is 0 Å². The second-order valence-corrected chi connectivity index (χ2v) is 6.52. The van der Waals surface area contributed by atoms with Crippen LogP contribution in [0.15, 0.2) is 29.1 Å². The van der Waals surface area contributed by atoms with E-state index in [9.17, 15) is 0 Å². The lowest BCUT2D eigenvalue weighted by molar-refractivity contribution is 0.119. The van der Waals surface area contributed by atoms with E-state index in [1.54, 1.807) is 12.5 Å². The molecule has 2 aliphatic rings. The molecule has 1 fully saturated rings. The summed E-state index contributed by atoms with van der Waals surface area (Å²) in [6, 6.07) is 4.93. The van der Waals surface area contributed by atoms with Crippen molar-refractivity contribution in [1.82, 2.24) is 5.16 Å². The Morgan fingerprint density at radius 1 is 1.27 bits per heavy atom. The Balaban J connectivity index is 1.82. The summed E-state index contributed by atoms with van der Waals surface area (Å²) in [5.74, 6) is 1.05. The van der Waals surface area contributed by atoms with Gasteiger partial charge in [0.05, 0.1) is 12.3 Å². The molecule has 1 aliphatic carbocycles. The molecule has 1 aromatic heterocycles. The van der Waals surface area contributed by atoms with Crippen LogP contribution in [0, 0.1) is 0 Å². The maximum Gasteiger partial charge on any atom is 0.132 e. The van der Waals surface area contributed by atoms with Crippen LogP contribution in [0.4, 0.5) is 5.69 Å². The average Bonchev–Trinajstić information content (AvgIpc) is 3.00. The molecule has 1 aromatic carbocycles. The predicted octanol–water partition coefficient (Wildman–Crippen LogP) is 4.04. The van der Waals surface area contributed by atoms with Crippen molar-refractivity contribution >= 4 is 5.69 Å². The van der Waals surface area contributed by atoms with Crippen molar-refractivity contribution < 1.29 is 9.26 Å². The van der Waals surface area contributed by atoms with Crippen molar-refractivity contribution in [1.29, 1.82) is 0 Å². The summed E-state index contributed by atoms with van der Waals surface area (Å²) in [5, 5.41) is 3.85. The minimum Gasteiger partial charge on any atom is -0.489 e. The molecule has 0 N–H and O–H groups in total. The van der Waals surface area contributed by atoms with Gasteiger partial charge in [0.2, 0.25) is 0 Å². The first-order valence-electron chi connectivity index (χ1n) is 8.19. The number of nitrogens with zero attached hydrogens (tertiary/aromatic N) is 2. The molecular formula is C18H22N2O2. The number of aromatic nitrogens is 1. The molecule has 1 saturated carbocycles. The molecule has 116 valence electrons. The van der Waals surface area contributed by atoms with Crippen molar-refractivity contribution in [2.45, 2.75) is 51.2 Å². The van der Waals surface area contributed by atoms with Crippen LogP contribution in [0.5, 0.6) is 5.75 Å². The van der Waals surface area contributed by atoms with Gasteiger partial charge in [-0.2, -0.15) is 0 Å². The molecule has 4 nitrogen and oxygen atoms in total. The minimum absolute atomic E-state index is 0.370. The monoisotopic (exact) mass is 298 g/mol. The van der Waals surface area contributed by atoms with Crippen LogP contribution in [0.25, 0.3) is 11.1 Å². The van der Waals surface area contributed by atoms with E-state index in [0.29, 0.717) is 12.1 Å². The van der Waals surface area contributed by atoms with Gasteiger partial charge in [0.1, 0.15) is 12.0 Å². The van der Waals surface area contributed by atoms with E-state index in [1.165, 1.54) is 30.5 Å². The van der Waals surface area contributed by atoms with Crippen LogP contribution in [0.2, 0.25) is 0 Å². The first kappa shape index (κ1) is 13.7. The quantitative estimate of drug-likeness (QED) is 0.857. The van der Waals surface area contributed by atoms with Crippen molar-refractivity contribution in [3.63, 3.8) is 0 Å². The zero-order chi connectivity index (χ0) is 15.1. The van der Waals surface area contributed by atoms with Crippen LogP contribution in [-0.4, -0.2) is 24.4 Å². The summed E-state index contributed by atoms with van der Waals surface area (Å²) in [7, 11) is 2.18. The van der Waals surface area contributed by atoms with Gasteiger partial charge in [0.15, 0.2) is 0 Å². The van der Waals surface area contributed by atoms with Crippen molar-refractivity contribution in [2.75, 3.05) is 11.9 Å². The number of benzene rings is 1. The van der Waals surface area contributed by atoms with Gasteiger partial charge >= 0.3 is 0 Å². The topological polar surface area (TPSA) is 38.5 Å². The SMILES string of the molecule is CC1CCc2c(ccc(-c3cnoc3)c2OC2CCC2)N1C.